The van der Waals surface area contributed by atoms with Crippen molar-refractivity contribution < 1.29 is 9.47 Å². The molecule has 0 saturated heterocycles. The number of ether oxygens (including phenoxy) is 2. The monoisotopic (exact) mass is 335 g/mol. The van der Waals surface area contributed by atoms with Gasteiger partial charge in [-0.25, -0.2) is 0 Å². The molecule has 0 aromatic heterocycles. The molecule has 0 amide bonds. The van der Waals surface area contributed by atoms with E-state index in [1.165, 1.54) is 5.56 Å². The predicted octanol–water partition coefficient (Wildman–Crippen LogP) is 3.80. The standard InChI is InChI=1S/C16H18BrNO2/c1-11-3-6-16(12(7-11)9-18)20-10-13-8-14(19-2)4-5-15(13)17/h3-8H,9-10,18H2,1-2H3. The third kappa shape index (κ3) is 3.52. The second-order valence-electron chi connectivity index (χ2n) is 4.56. The lowest BCUT2D eigenvalue weighted by Gasteiger charge is -2.13. The van der Waals surface area contributed by atoms with Crippen LogP contribution in [0.1, 0.15) is 16.7 Å². The van der Waals surface area contributed by atoms with Gasteiger partial charge in [-0.05, 0) is 31.2 Å². The van der Waals surface area contributed by atoms with Gasteiger partial charge in [0.05, 0.1) is 7.11 Å². The molecule has 2 N–H and O–H groups in total. The van der Waals surface area contributed by atoms with Crippen molar-refractivity contribution in [2.45, 2.75) is 20.1 Å². The highest BCUT2D eigenvalue weighted by atomic mass is 79.9. The summed E-state index contributed by atoms with van der Waals surface area (Å²) in [4.78, 5) is 0. The van der Waals surface area contributed by atoms with Crippen LogP contribution in [0.25, 0.3) is 0 Å². The number of nitrogens with two attached hydrogens (primary N) is 1. The molecule has 0 bridgehead atoms. The Bertz CT molecular complexity index is 599. The molecule has 2 aromatic carbocycles. The molecular weight excluding hydrogens is 318 g/mol. The van der Waals surface area contributed by atoms with Crippen LogP contribution in [0.3, 0.4) is 0 Å². The fourth-order valence-corrected chi connectivity index (χ4v) is 2.31. The van der Waals surface area contributed by atoms with Crippen LogP contribution in [0.5, 0.6) is 11.5 Å². The topological polar surface area (TPSA) is 44.5 Å². The molecule has 3 nitrogen and oxygen atoms in total. The maximum absolute atomic E-state index is 5.88. The number of hydrogen-bond donors (Lipinski definition) is 1. The molecular formula is C16H18BrNO2. The van der Waals surface area contributed by atoms with Gasteiger partial charge in [0.15, 0.2) is 0 Å². The first-order valence-corrected chi connectivity index (χ1v) is 7.18. The van der Waals surface area contributed by atoms with E-state index >= 15 is 0 Å². The lowest BCUT2D eigenvalue weighted by molar-refractivity contribution is 0.301. The van der Waals surface area contributed by atoms with Gasteiger partial charge in [0, 0.05) is 22.1 Å². The van der Waals surface area contributed by atoms with Crippen LogP contribution in [0.15, 0.2) is 40.9 Å². The minimum Gasteiger partial charge on any atom is -0.497 e. The Morgan fingerprint density at radius 2 is 1.90 bits per heavy atom. The summed E-state index contributed by atoms with van der Waals surface area (Å²) in [5.74, 6) is 1.64. The first kappa shape index (κ1) is 14.9. The Morgan fingerprint density at radius 3 is 2.60 bits per heavy atom. The molecule has 20 heavy (non-hydrogen) atoms. The third-order valence-corrected chi connectivity index (χ3v) is 3.85. The van der Waals surface area contributed by atoms with Crippen molar-refractivity contribution in [3.05, 3.63) is 57.6 Å². The van der Waals surface area contributed by atoms with Crippen molar-refractivity contribution in [1.82, 2.24) is 0 Å². The van der Waals surface area contributed by atoms with Gasteiger partial charge in [-0.3, -0.25) is 0 Å². The number of aryl methyl sites for hydroxylation is 1. The van der Waals surface area contributed by atoms with Crippen molar-refractivity contribution in [2.75, 3.05) is 7.11 Å². The summed E-state index contributed by atoms with van der Waals surface area (Å²) < 4.78 is 12.1. The fourth-order valence-electron chi connectivity index (χ4n) is 1.95. The molecule has 0 unspecified atom stereocenters. The van der Waals surface area contributed by atoms with Crippen molar-refractivity contribution in [3.63, 3.8) is 0 Å². The number of halogens is 1. The highest BCUT2D eigenvalue weighted by Crippen LogP contribution is 2.25. The summed E-state index contributed by atoms with van der Waals surface area (Å²) in [5.41, 5.74) is 8.99. The Morgan fingerprint density at radius 1 is 1.10 bits per heavy atom. The van der Waals surface area contributed by atoms with E-state index < -0.39 is 0 Å². The predicted molar refractivity (Wildman–Crippen MR) is 84.1 cm³/mol. The number of rotatable bonds is 5. The number of hydrogen-bond acceptors (Lipinski definition) is 3. The van der Waals surface area contributed by atoms with Gasteiger partial charge in [-0.1, -0.05) is 33.6 Å². The molecule has 0 heterocycles. The molecule has 0 aliphatic carbocycles. The quantitative estimate of drug-likeness (QED) is 0.903. The van der Waals surface area contributed by atoms with E-state index in [0.29, 0.717) is 13.2 Å². The van der Waals surface area contributed by atoms with E-state index in [1.807, 2.05) is 37.3 Å². The van der Waals surface area contributed by atoms with Gasteiger partial charge in [-0.2, -0.15) is 0 Å². The van der Waals surface area contributed by atoms with Crippen LogP contribution in [0.2, 0.25) is 0 Å². The average Bonchev–Trinajstić information content (AvgIpc) is 2.47. The zero-order valence-corrected chi connectivity index (χ0v) is 13.2. The fraction of sp³-hybridized carbons (Fsp3) is 0.250. The van der Waals surface area contributed by atoms with Crippen molar-refractivity contribution in [3.8, 4) is 11.5 Å². The second kappa shape index (κ2) is 6.77. The Hall–Kier alpha value is -1.52. The van der Waals surface area contributed by atoms with E-state index in [0.717, 1.165) is 27.1 Å². The minimum absolute atomic E-state index is 0.466. The van der Waals surface area contributed by atoms with E-state index in [2.05, 4.69) is 22.0 Å². The first-order chi connectivity index (χ1) is 9.63. The molecule has 0 radical (unpaired) electrons. The summed E-state index contributed by atoms with van der Waals surface area (Å²) >= 11 is 3.52. The Kier molecular flexibility index (Phi) is 5.04. The summed E-state index contributed by atoms with van der Waals surface area (Å²) in [5, 5.41) is 0. The van der Waals surface area contributed by atoms with Gasteiger partial charge in [0.25, 0.3) is 0 Å². The van der Waals surface area contributed by atoms with Crippen LogP contribution in [0, 0.1) is 6.92 Å². The van der Waals surface area contributed by atoms with Gasteiger partial charge < -0.3 is 15.2 Å². The van der Waals surface area contributed by atoms with Gasteiger partial charge >= 0.3 is 0 Å². The lowest BCUT2D eigenvalue weighted by atomic mass is 10.1. The largest absolute Gasteiger partial charge is 0.497 e. The maximum Gasteiger partial charge on any atom is 0.124 e. The molecule has 0 saturated carbocycles. The maximum atomic E-state index is 5.88. The minimum atomic E-state index is 0.466. The summed E-state index contributed by atoms with van der Waals surface area (Å²) in [6, 6.07) is 11.9. The van der Waals surface area contributed by atoms with Gasteiger partial charge in [-0.15, -0.1) is 0 Å². The van der Waals surface area contributed by atoms with Crippen molar-refractivity contribution >= 4 is 15.9 Å². The molecule has 0 aliphatic rings. The number of methoxy groups -OCH3 is 1. The highest BCUT2D eigenvalue weighted by molar-refractivity contribution is 9.10. The molecule has 4 heteroatoms. The molecule has 0 aliphatic heterocycles. The van der Waals surface area contributed by atoms with Crippen LogP contribution in [0.4, 0.5) is 0 Å². The van der Waals surface area contributed by atoms with E-state index in [9.17, 15) is 0 Å². The molecule has 2 rings (SSSR count). The molecule has 2 aromatic rings. The molecule has 0 fully saturated rings. The van der Waals surface area contributed by atoms with Crippen LogP contribution >= 0.6 is 15.9 Å². The normalized spacial score (nSPS) is 10.4. The number of benzene rings is 2. The molecule has 0 atom stereocenters. The summed E-state index contributed by atoms with van der Waals surface area (Å²) in [7, 11) is 1.65. The van der Waals surface area contributed by atoms with Gasteiger partial charge in [0.1, 0.15) is 18.1 Å². The second-order valence-corrected chi connectivity index (χ2v) is 5.42. The van der Waals surface area contributed by atoms with E-state index in [-0.39, 0.29) is 0 Å². The van der Waals surface area contributed by atoms with Crippen LogP contribution in [-0.2, 0) is 13.2 Å². The zero-order chi connectivity index (χ0) is 14.5. The van der Waals surface area contributed by atoms with E-state index in [4.69, 9.17) is 15.2 Å². The zero-order valence-electron chi connectivity index (χ0n) is 11.7. The Labute approximate surface area is 127 Å². The first-order valence-electron chi connectivity index (χ1n) is 6.39. The van der Waals surface area contributed by atoms with Crippen molar-refractivity contribution in [1.29, 1.82) is 0 Å². The van der Waals surface area contributed by atoms with E-state index in [1.54, 1.807) is 7.11 Å². The smallest absolute Gasteiger partial charge is 0.124 e. The Balaban J connectivity index is 2.16. The van der Waals surface area contributed by atoms with Crippen LogP contribution in [-0.4, -0.2) is 7.11 Å². The third-order valence-electron chi connectivity index (χ3n) is 3.07. The SMILES string of the molecule is COc1ccc(Br)c(COc2ccc(C)cc2CN)c1. The van der Waals surface area contributed by atoms with Crippen LogP contribution < -0.4 is 15.2 Å². The lowest BCUT2D eigenvalue weighted by Crippen LogP contribution is -2.03. The summed E-state index contributed by atoms with van der Waals surface area (Å²) in [6.45, 7) is 2.98. The molecule has 0 spiro atoms. The highest BCUT2D eigenvalue weighted by Gasteiger charge is 2.06. The van der Waals surface area contributed by atoms with Gasteiger partial charge in [0.2, 0.25) is 0 Å². The summed E-state index contributed by atoms with van der Waals surface area (Å²) in [6.07, 6.45) is 0. The molecule has 106 valence electrons. The van der Waals surface area contributed by atoms with Crippen molar-refractivity contribution in [2.24, 2.45) is 5.73 Å². The average molecular weight is 336 g/mol.